The van der Waals surface area contributed by atoms with Crippen LogP contribution in [-0.2, 0) is 0 Å². The van der Waals surface area contributed by atoms with E-state index in [4.69, 9.17) is 11.6 Å². The molecule has 0 radical (unpaired) electrons. The number of rotatable bonds is 1. The fraction of sp³-hybridized carbons (Fsp3) is 0. The Labute approximate surface area is 94.5 Å². The van der Waals surface area contributed by atoms with Gasteiger partial charge in [-0.1, -0.05) is 17.7 Å². The molecule has 0 unspecified atom stereocenters. The van der Waals surface area contributed by atoms with Gasteiger partial charge < -0.3 is 0 Å². The number of benzene rings is 1. The van der Waals surface area contributed by atoms with Crippen LogP contribution in [-0.4, -0.2) is 4.98 Å². The standard InChI is InChI=1S/C11H5ClF3N/c12-7-5-6(8-3-1-2-4-16-8)9(13)11(15)10(7)14/h1-5H. The molecule has 0 N–H and O–H groups in total. The molecule has 0 bridgehead atoms. The third kappa shape index (κ3) is 1.76. The molecule has 0 spiro atoms. The van der Waals surface area contributed by atoms with E-state index in [0.29, 0.717) is 0 Å². The van der Waals surface area contributed by atoms with Crippen molar-refractivity contribution in [2.45, 2.75) is 0 Å². The van der Waals surface area contributed by atoms with E-state index < -0.39 is 22.5 Å². The maximum absolute atomic E-state index is 13.4. The lowest BCUT2D eigenvalue weighted by Crippen LogP contribution is -1.96. The second-order valence-electron chi connectivity index (χ2n) is 3.06. The first kappa shape index (κ1) is 11.0. The van der Waals surface area contributed by atoms with Crippen LogP contribution in [0.3, 0.4) is 0 Å². The van der Waals surface area contributed by atoms with Gasteiger partial charge in [0, 0.05) is 11.8 Å². The van der Waals surface area contributed by atoms with Crippen LogP contribution >= 0.6 is 11.6 Å². The molecule has 82 valence electrons. The molecule has 2 aromatic rings. The van der Waals surface area contributed by atoms with Gasteiger partial charge in [0.1, 0.15) is 0 Å². The molecule has 1 nitrogen and oxygen atoms in total. The number of hydrogen-bond donors (Lipinski definition) is 0. The fourth-order valence-corrected chi connectivity index (χ4v) is 1.47. The van der Waals surface area contributed by atoms with E-state index in [9.17, 15) is 13.2 Å². The summed E-state index contributed by atoms with van der Waals surface area (Å²) in [6.45, 7) is 0. The normalized spacial score (nSPS) is 10.5. The number of hydrogen-bond acceptors (Lipinski definition) is 1. The molecule has 0 saturated carbocycles. The largest absolute Gasteiger partial charge is 0.256 e. The van der Waals surface area contributed by atoms with Crippen molar-refractivity contribution in [3.63, 3.8) is 0 Å². The highest BCUT2D eigenvalue weighted by Crippen LogP contribution is 2.29. The first-order chi connectivity index (χ1) is 7.61. The summed E-state index contributed by atoms with van der Waals surface area (Å²) in [5.41, 5.74) is 0.0327. The lowest BCUT2D eigenvalue weighted by molar-refractivity contribution is 0.449. The van der Waals surface area contributed by atoms with Crippen molar-refractivity contribution in [1.82, 2.24) is 4.98 Å². The molecule has 5 heteroatoms. The van der Waals surface area contributed by atoms with Gasteiger partial charge in [-0.3, -0.25) is 4.98 Å². The molecule has 0 amide bonds. The smallest absolute Gasteiger partial charge is 0.196 e. The van der Waals surface area contributed by atoms with E-state index in [2.05, 4.69) is 4.98 Å². The summed E-state index contributed by atoms with van der Waals surface area (Å²) >= 11 is 5.43. The second kappa shape index (κ2) is 4.14. The van der Waals surface area contributed by atoms with Crippen molar-refractivity contribution < 1.29 is 13.2 Å². The lowest BCUT2D eigenvalue weighted by Gasteiger charge is -2.05. The second-order valence-corrected chi connectivity index (χ2v) is 3.47. The first-order valence-corrected chi connectivity index (χ1v) is 4.73. The van der Waals surface area contributed by atoms with Crippen LogP contribution in [0.25, 0.3) is 11.3 Å². The van der Waals surface area contributed by atoms with Crippen molar-refractivity contribution in [3.05, 3.63) is 52.9 Å². The summed E-state index contributed by atoms with van der Waals surface area (Å²) in [4.78, 5) is 3.83. The molecule has 0 atom stereocenters. The third-order valence-corrected chi connectivity index (χ3v) is 2.32. The summed E-state index contributed by atoms with van der Waals surface area (Å²) in [5.74, 6) is -4.27. The fourth-order valence-electron chi connectivity index (χ4n) is 1.28. The summed E-state index contributed by atoms with van der Waals surface area (Å²) in [6.07, 6.45) is 1.42. The SMILES string of the molecule is Fc1c(Cl)cc(-c2ccccn2)c(F)c1F. The van der Waals surface area contributed by atoms with Gasteiger partial charge >= 0.3 is 0 Å². The Kier molecular flexibility index (Phi) is 2.83. The quantitative estimate of drug-likeness (QED) is 0.548. The Morgan fingerprint density at radius 2 is 1.75 bits per heavy atom. The monoisotopic (exact) mass is 243 g/mol. The Bertz CT molecular complexity index is 528. The molecule has 1 aromatic carbocycles. The summed E-state index contributed by atoms with van der Waals surface area (Å²) in [7, 11) is 0. The highest BCUT2D eigenvalue weighted by molar-refractivity contribution is 6.31. The molecule has 0 fully saturated rings. The van der Waals surface area contributed by atoms with Crippen molar-refractivity contribution in [2.75, 3.05) is 0 Å². The lowest BCUT2D eigenvalue weighted by atomic mass is 10.1. The van der Waals surface area contributed by atoms with E-state index in [0.717, 1.165) is 6.07 Å². The predicted octanol–water partition coefficient (Wildman–Crippen LogP) is 3.82. The van der Waals surface area contributed by atoms with Gasteiger partial charge in [0.2, 0.25) is 0 Å². The van der Waals surface area contributed by atoms with Gasteiger partial charge in [-0.25, -0.2) is 13.2 Å². The van der Waals surface area contributed by atoms with Gasteiger partial charge in [-0.2, -0.15) is 0 Å². The molecule has 0 aliphatic heterocycles. The van der Waals surface area contributed by atoms with Crippen LogP contribution in [0.4, 0.5) is 13.2 Å². The minimum absolute atomic E-state index is 0.162. The van der Waals surface area contributed by atoms with Crippen LogP contribution in [0.1, 0.15) is 0 Å². The Balaban J connectivity index is 2.68. The van der Waals surface area contributed by atoms with Gasteiger partial charge in [0.05, 0.1) is 10.7 Å². The molecule has 0 aliphatic carbocycles. The molecule has 16 heavy (non-hydrogen) atoms. The van der Waals surface area contributed by atoms with Crippen molar-refractivity contribution in [3.8, 4) is 11.3 Å². The molecular formula is C11H5ClF3N. The number of halogens is 4. The van der Waals surface area contributed by atoms with Crippen LogP contribution in [0.2, 0.25) is 5.02 Å². The molecule has 0 aliphatic rings. The zero-order chi connectivity index (χ0) is 11.7. The number of nitrogens with zero attached hydrogens (tertiary/aromatic N) is 1. The summed E-state index contributed by atoms with van der Waals surface area (Å²) in [6, 6.07) is 5.73. The average molecular weight is 244 g/mol. The molecular weight excluding hydrogens is 239 g/mol. The van der Waals surface area contributed by atoms with Crippen LogP contribution < -0.4 is 0 Å². The van der Waals surface area contributed by atoms with Crippen molar-refractivity contribution in [1.29, 1.82) is 0 Å². The van der Waals surface area contributed by atoms with E-state index >= 15 is 0 Å². The van der Waals surface area contributed by atoms with E-state index in [-0.39, 0.29) is 11.3 Å². The molecule has 1 heterocycles. The summed E-state index contributed by atoms with van der Waals surface area (Å²) in [5, 5.41) is -0.473. The Morgan fingerprint density at radius 3 is 2.38 bits per heavy atom. The highest BCUT2D eigenvalue weighted by Gasteiger charge is 2.18. The number of pyridine rings is 1. The van der Waals surface area contributed by atoms with Crippen LogP contribution in [0.5, 0.6) is 0 Å². The zero-order valence-corrected chi connectivity index (χ0v) is 8.60. The van der Waals surface area contributed by atoms with Crippen molar-refractivity contribution >= 4 is 11.6 Å². The van der Waals surface area contributed by atoms with Gasteiger partial charge in [-0.05, 0) is 18.2 Å². The topological polar surface area (TPSA) is 12.9 Å². The molecule has 1 aromatic heterocycles. The van der Waals surface area contributed by atoms with Crippen LogP contribution in [0.15, 0.2) is 30.5 Å². The maximum atomic E-state index is 13.4. The van der Waals surface area contributed by atoms with Gasteiger partial charge in [0.15, 0.2) is 17.5 Å². The zero-order valence-electron chi connectivity index (χ0n) is 7.85. The Hall–Kier alpha value is -1.55. The Morgan fingerprint density at radius 1 is 1.00 bits per heavy atom. The predicted molar refractivity (Wildman–Crippen MR) is 54.6 cm³/mol. The molecule has 0 saturated heterocycles. The summed E-state index contributed by atoms with van der Waals surface area (Å²) < 4.78 is 39.4. The van der Waals surface area contributed by atoms with E-state index in [1.807, 2.05) is 0 Å². The van der Waals surface area contributed by atoms with E-state index in [1.54, 1.807) is 12.1 Å². The minimum atomic E-state index is -1.59. The maximum Gasteiger partial charge on any atom is 0.196 e. The average Bonchev–Trinajstić information content (AvgIpc) is 2.32. The van der Waals surface area contributed by atoms with Crippen LogP contribution in [0, 0.1) is 17.5 Å². The minimum Gasteiger partial charge on any atom is -0.256 e. The first-order valence-electron chi connectivity index (χ1n) is 4.35. The number of aromatic nitrogens is 1. The highest BCUT2D eigenvalue weighted by atomic mass is 35.5. The van der Waals surface area contributed by atoms with Gasteiger partial charge in [0.25, 0.3) is 0 Å². The van der Waals surface area contributed by atoms with E-state index in [1.165, 1.54) is 12.3 Å². The third-order valence-electron chi connectivity index (χ3n) is 2.04. The van der Waals surface area contributed by atoms with Gasteiger partial charge in [-0.15, -0.1) is 0 Å². The van der Waals surface area contributed by atoms with Crippen molar-refractivity contribution in [2.24, 2.45) is 0 Å². The molecule has 2 rings (SSSR count).